The third-order valence-corrected chi connectivity index (χ3v) is 10.0. The summed E-state index contributed by atoms with van der Waals surface area (Å²) < 4.78 is 6.51. The zero-order valence-corrected chi connectivity index (χ0v) is 27.3. The van der Waals surface area contributed by atoms with Crippen molar-refractivity contribution in [1.29, 1.82) is 0 Å². The fourth-order valence-electron chi connectivity index (χ4n) is 7.70. The van der Waals surface area contributed by atoms with Crippen molar-refractivity contribution in [2.45, 2.75) is 0 Å². The molecule has 10 aromatic rings. The van der Waals surface area contributed by atoms with E-state index in [1.165, 1.54) is 38.1 Å². The maximum absolute atomic E-state index is 6.51. The molecule has 0 aliphatic rings. The summed E-state index contributed by atoms with van der Waals surface area (Å²) in [6.45, 7) is 0. The Kier molecular flexibility index (Phi) is 6.53. The summed E-state index contributed by atoms with van der Waals surface area (Å²) >= 11 is 0. The first-order chi connectivity index (χ1) is 24.8. The second-order valence-corrected chi connectivity index (χ2v) is 12.9. The molecule has 10 rings (SSSR count). The van der Waals surface area contributed by atoms with Crippen molar-refractivity contribution in [3.8, 4) is 22.3 Å². The molecule has 0 atom stereocenters. The largest absolute Gasteiger partial charge is 0.455 e. The number of hydrogen-bond donors (Lipinski definition) is 0. The van der Waals surface area contributed by atoms with Gasteiger partial charge in [0, 0.05) is 32.9 Å². The van der Waals surface area contributed by atoms with Gasteiger partial charge in [0.15, 0.2) is 0 Å². The molecule has 0 radical (unpaired) electrons. The van der Waals surface area contributed by atoms with Gasteiger partial charge in [-0.3, -0.25) is 0 Å². The Balaban J connectivity index is 1.14. The zero-order valence-electron chi connectivity index (χ0n) is 27.3. The van der Waals surface area contributed by atoms with E-state index in [0.29, 0.717) is 0 Å². The molecule has 0 amide bonds. The molecule has 0 aliphatic carbocycles. The van der Waals surface area contributed by atoms with E-state index in [1.807, 2.05) is 0 Å². The van der Waals surface area contributed by atoms with Crippen molar-refractivity contribution in [3.63, 3.8) is 0 Å². The van der Waals surface area contributed by atoms with Crippen LogP contribution >= 0.6 is 0 Å². The van der Waals surface area contributed by atoms with Gasteiger partial charge in [0.1, 0.15) is 11.2 Å². The van der Waals surface area contributed by atoms with Crippen molar-refractivity contribution in [2.24, 2.45) is 0 Å². The van der Waals surface area contributed by atoms with Gasteiger partial charge in [-0.2, -0.15) is 0 Å². The smallest absolute Gasteiger partial charge is 0.143 e. The first kappa shape index (κ1) is 28.4. The molecule has 0 fully saturated rings. The van der Waals surface area contributed by atoms with Crippen molar-refractivity contribution in [1.82, 2.24) is 0 Å². The van der Waals surface area contributed by atoms with Gasteiger partial charge in [-0.05, 0) is 86.3 Å². The normalized spacial score (nSPS) is 11.6. The van der Waals surface area contributed by atoms with E-state index < -0.39 is 0 Å². The second kappa shape index (κ2) is 11.5. The third kappa shape index (κ3) is 4.57. The predicted octanol–water partition coefficient (Wildman–Crippen LogP) is 13.8. The summed E-state index contributed by atoms with van der Waals surface area (Å²) in [6.07, 6.45) is 0. The number of hydrogen-bond acceptors (Lipinski definition) is 2. The first-order valence-corrected chi connectivity index (χ1v) is 17.1. The van der Waals surface area contributed by atoms with Crippen molar-refractivity contribution < 1.29 is 4.42 Å². The molecule has 0 unspecified atom stereocenters. The fraction of sp³-hybridized carbons (Fsp3) is 0. The lowest BCUT2D eigenvalue weighted by Gasteiger charge is -2.27. The standard InChI is InChI=1S/C48H31NO/c1-4-18-39-32(11-1)14-8-21-40(39)36-16-7-17-38(31-36)49(45-23-9-15-33-12-2-5-19-41(33)45)37-28-25-35(26-29-37)42-22-10-24-46-47(42)44-30-27-34-13-3-6-20-43(34)48(44)50-46/h1-31H. The number of nitrogens with zero attached hydrogens (tertiary/aromatic N) is 1. The van der Waals surface area contributed by atoms with E-state index in [-0.39, 0.29) is 0 Å². The van der Waals surface area contributed by atoms with Gasteiger partial charge < -0.3 is 9.32 Å². The second-order valence-electron chi connectivity index (χ2n) is 12.9. The Labute approximate surface area is 290 Å². The molecule has 9 aromatic carbocycles. The van der Waals surface area contributed by atoms with Crippen LogP contribution in [0.1, 0.15) is 0 Å². The molecule has 2 heteroatoms. The van der Waals surface area contributed by atoms with Crippen molar-refractivity contribution in [3.05, 3.63) is 188 Å². The van der Waals surface area contributed by atoms with Crippen LogP contribution in [0.2, 0.25) is 0 Å². The molecular weight excluding hydrogens is 607 g/mol. The highest BCUT2D eigenvalue weighted by molar-refractivity contribution is 6.19. The summed E-state index contributed by atoms with van der Waals surface area (Å²) in [7, 11) is 0. The van der Waals surface area contributed by atoms with E-state index in [9.17, 15) is 0 Å². The first-order valence-electron chi connectivity index (χ1n) is 17.1. The lowest BCUT2D eigenvalue weighted by Crippen LogP contribution is -2.10. The van der Waals surface area contributed by atoms with Crippen molar-refractivity contribution >= 4 is 71.3 Å². The number of rotatable bonds is 5. The Morgan fingerprint density at radius 1 is 0.360 bits per heavy atom. The topological polar surface area (TPSA) is 16.4 Å². The van der Waals surface area contributed by atoms with Gasteiger partial charge in [-0.15, -0.1) is 0 Å². The summed E-state index contributed by atoms with van der Waals surface area (Å²) in [5.74, 6) is 0. The Morgan fingerprint density at radius 3 is 1.80 bits per heavy atom. The number of benzene rings is 9. The summed E-state index contributed by atoms with van der Waals surface area (Å²) in [5, 5.41) is 9.52. The number of furan rings is 1. The summed E-state index contributed by atoms with van der Waals surface area (Å²) in [6, 6.07) is 67.5. The Hall–Kier alpha value is -6.64. The minimum Gasteiger partial charge on any atom is -0.455 e. The maximum atomic E-state index is 6.51. The molecule has 0 aliphatic heterocycles. The number of fused-ring (bicyclic) bond motifs is 7. The van der Waals surface area contributed by atoms with Crippen LogP contribution in [-0.4, -0.2) is 0 Å². The van der Waals surface area contributed by atoms with Crippen molar-refractivity contribution in [2.75, 3.05) is 4.90 Å². The fourth-order valence-corrected chi connectivity index (χ4v) is 7.70. The van der Waals surface area contributed by atoms with E-state index >= 15 is 0 Å². The highest BCUT2D eigenvalue weighted by atomic mass is 16.3. The number of anilines is 3. The third-order valence-electron chi connectivity index (χ3n) is 10.0. The highest BCUT2D eigenvalue weighted by Crippen LogP contribution is 2.43. The van der Waals surface area contributed by atoms with Gasteiger partial charge in [0.25, 0.3) is 0 Å². The van der Waals surface area contributed by atoms with Crippen LogP contribution in [-0.2, 0) is 0 Å². The molecule has 1 heterocycles. The van der Waals surface area contributed by atoms with Crippen LogP contribution in [0, 0.1) is 0 Å². The van der Waals surface area contributed by atoms with Crippen LogP contribution < -0.4 is 4.90 Å². The molecular formula is C48H31NO. The molecule has 0 bridgehead atoms. The monoisotopic (exact) mass is 637 g/mol. The molecule has 0 N–H and O–H groups in total. The zero-order chi connectivity index (χ0) is 33.0. The van der Waals surface area contributed by atoms with Crippen LogP contribution in [0.3, 0.4) is 0 Å². The minimum atomic E-state index is 0.903. The van der Waals surface area contributed by atoms with Crippen LogP contribution in [0.25, 0.3) is 76.5 Å². The van der Waals surface area contributed by atoms with E-state index in [4.69, 9.17) is 4.42 Å². The minimum absolute atomic E-state index is 0.903. The highest BCUT2D eigenvalue weighted by Gasteiger charge is 2.18. The van der Waals surface area contributed by atoms with Crippen LogP contribution in [0.15, 0.2) is 192 Å². The molecule has 234 valence electrons. The predicted molar refractivity (Wildman–Crippen MR) is 212 cm³/mol. The van der Waals surface area contributed by atoms with E-state index in [1.54, 1.807) is 0 Å². The average Bonchev–Trinajstić information content (AvgIpc) is 3.58. The molecule has 0 spiro atoms. The van der Waals surface area contributed by atoms with Gasteiger partial charge in [-0.25, -0.2) is 0 Å². The molecule has 0 saturated carbocycles. The van der Waals surface area contributed by atoms with Gasteiger partial charge >= 0.3 is 0 Å². The molecule has 50 heavy (non-hydrogen) atoms. The van der Waals surface area contributed by atoms with Crippen LogP contribution in [0.4, 0.5) is 17.1 Å². The summed E-state index contributed by atoms with van der Waals surface area (Å²) in [5.41, 5.74) is 9.91. The quantitative estimate of drug-likeness (QED) is 0.187. The molecule has 0 saturated heterocycles. The lowest BCUT2D eigenvalue weighted by atomic mass is 9.97. The van der Waals surface area contributed by atoms with E-state index in [0.717, 1.165) is 55.5 Å². The Bertz CT molecular complexity index is 2870. The lowest BCUT2D eigenvalue weighted by molar-refractivity contribution is 0.673. The molecule has 2 nitrogen and oxygen atoms in total. The van der Waals surface area contributed by atoms with E-state index in [2.05, 4.69) is 193 Å². The average molecular weight is 638 g/mol. The maximum Gasteiger partial charge on any atom is 0.143 e. The Morgan fingerprint density at radius 2 is 0.980 bits per heavy atom. The summed E-state index contributed by atoms with van der Waals surface area (Å²) in [4.78, 5) is 2.39. The molecule has 1 aromatic heterocycles. The van der Waals surface area contributed by atoms with Crippen LogP contribution in [0.5, 0.6) is 0 Å². The van der Waals surface area contributed by atoms with Gasteiger partial charge in [0.05, 0.1) is 5.69 Å². The van der Waals surface area contributed by atoms with Gasteiger partial charge in [-0.1, -0.05) is 146 Å². The SMILES string of the molecule is c1cc(-c2cccc3ccccc23)cc(N(c2ccc(-c3cccc4oc5c6ccccc6ccc5c34)cc2)c2cccc3ccccc23)c1. The van der Waals surface area contributed by atoms with Gasteiger partial charge in [0.2, 0.25) is 0 Å².